The van der Waals surface area contributed by atoms with Crippen molar-refractivity contribution >= 4 is 51.2 Å². The van der Waals surface area contributed by atoms with Gasteiger partial charge in [-0.05, 0) is 66.7 Å². The molecule has 0 radical (unpaired) electrons. The van der Waals surface area contributed by atoms with Crippen molar-refractivity contribution in [1.29, 1.82) is 0 Å². The summed E-state index contributed by atoms with van der Waals surface area (Å²) in [6, 6.07) is 15.1. The van der Waals surface area contributed by atoms with Gasteiger partial charge < -0.3 is 15.5 Å². The minimum atomic E-state index is -4.63. The normalized spacial score (nSPS) is 11.7. The number of amides is 2. The van der Waals surface area contributed by atoms with E-state index in [4.69, 9.17) is 11.6 Å². The maximum absolute atomic E-state index is 13.1. The van der Waals surface area contributed by atoms with Gasteiger partial charge in [-0.25, -0.2) is 5.43 Å². The standard InChI is InChI=1S/C29H30BrClF3N5O2/c1-3-39(4-2)14-13-35-17-19-5-8-21(9-6-19)27(40)37-26-12-10-22(30)16-23(26)28(41)38-36-18-20-7-11-25(31)24(15-20)29(32,33)34/h5-12,15-16,18,35H,3-4,13-14,17H2,1-2H3,(H,37,40)(H,38,41)/b36-18+. The van der Waals surface area contributed by atoms with Crippen LogP contribution in [0.4, 0.5) is 18.9 Å². The third-order valence-corrected chi connectivity index (χ3v) is 7.02. The number of anilines is 1. The Hall–Kier alpha value is -3.25. The zero-order valence-corrected chi connectivity index (χ0v) is 24.8. The van der Waals surface area contributed by atoms with E-state index in [1.165, 1.54) is 12.1 Å². The van der Waals surface area contributed by atoms with E-state index < -0.39 is 28.6 Å². The number of carbonyl (C=O) groups excluding carboxylic acids is 2. The van der Waals surface area contributed by atoms with E-state index in [2.05, 4.69) is 55.8 Å². The molecule has 0 atom stereocenters. The van der Waals surface area contributed by atoms with E-state index in [1.807, 2.05) is 12.1 Å². The molecule has 2 amide bonds. The third-order valence-electron chi connectivity index (χ3n) is 6.19. The number of alkyl halides is 3. The second kappa shape index (κ2) is 15.1. The van der Waals surface area contributed by atoms with Gasteiger partial charge in [-0.1, -0.05) is 59.6 Å². The maximum Gasteiger partial charge on any atom is 0.417 e. The molecule has 0 aliphatic carbocycles. The fraction of sp³-hybridized carbons (Fsp3) is 0.276. The highest BCUT2D eigenvalue weighted by Gasteiger charge is 2.33. The van der Waals surface area contributed by atoms with Gasteiger partial charge in [-0.2, -0.15) is 18.3 Å². The number of rotatable bonds is 12. The molecule has 0 bridgehead atoms. The zero-order valence-electron chi connectivity index (χ0n) is 22.5. The lowest BCUT2D eigenvalue weighted by Gasteiger charge is -2.18. The lowest BCUT2D eigenvalue weighted by Crippen LogP contribution is -2.31. The Kier molecular flexibility index (Phi) is 11.9. The Bertz CT molecular complexity index is 1380. The number of likely N-dealkylation sites (N-methyl/N-ethyl adjacent to an activating group) is 1. The number of nitrogens with zero attached hydrogens (tertiary/aromatic N) is 2. The molecule has 0 spiro atoms. The van der Waals surface area contributed by atoms with E-state index >= 15 is 0 Å². The molecule has 0 unspecified atom stereocenters. The molecule has 0 aliphatic rings. The molecule has 7 nitrogen and oxygen atoms in total. The van der Waals surface area contributed by atoms with Crippen molar-refractivity contribution in [2.75, 3.05) is 31.5 Å². The maximum atomic E-state index is 13.1. The van der Waals surface area contributed by atoms with Crippen LogP contribution < -0.4 is 16.1 Å². The monoisotopic (exact) mass is 651 g/mol. The lowest BCUT2D eigenvalue weighted by molar-refractivity contribution is -0.137. The first kappa shape index (κ1) is 32.3. The van der Waals surface area contributed by atoms with Gasteiger partial charge in [-0.15, -0.1) is 0 Å². The number of hydrazone groups is 1. The molecule has 0 aromatic heterocycles. The molecule has 3 aromatic rings. The number of hydrogen-bond acceptors (Lipinski definition) is 5. The molecular formula is C29H30BrClF3N5O2. The van der Waals surface area contributed by atoms with Crippen LogP contribution in [0.15, 0.2) is 70.2 Å². The fourth-order valence-corrected chi connectivity index (χ4v) is 4.44. The highest BCUT2D eigenvalue weighted by atomic mass is 79.9. The minimum Gasteiger partial charge on any atom is -0.321 e. The van der Waals surface area contributed by atoms with Gasteiger partial charge in [0.15, 0.2) is 0 Å². The number of carbonyl (C=O) groups is 2. The summed E-state index contributed by atoms with van der Waals surface area (Å²) in [5, 5.41) is 9.46. The Morgan fingerprint density at radius 1 is 1.00 bits per heavy atom. The van der Waals surface area contributed by atoms with Crippen LogP contribution in [0.2, 0.25) is 5.02 Å². The Balaban J connectivity index is 1.63. The van der Waals surface area contributed by atoms with Crippen molar-refractivity contribution in [2.24, 2.45) is 5.10 Å². The van der Waals surface area contributed by atoms with Gasteiger partial charge in [0.05, 0.1) is 28.1 Å². The Morgan fingerprint density at radius 2 is 1.71 bits per heavy atom. The molecule has 0 saturated heterocycles. The van der Waals surface area contributed by atoms with Crippen LogP contribution in [-0.2, 0) is 12.7 Å². The van der Waals surface area contributed by atoms with Gasteiger partial charge >= 0.3 is 6.18 Å². The molecule has 0 aliphatic heterocycles. The molecule has 0 saturated carbocycles. The largest absolute Gasteiger partial charge is 0.417 e. The minimum absolute atomic E-state index is 0.0901. The average Bonchev–Trinajstić information content (AvgIpc) is 2.94. The van der Waals surface area contributed by atoms with Crippen molar-refractivity contribution in [3.05, 3.63) is 98.0 Å². The van der Waals surface area contributed by atoms with Gasteiger partial charge in [0, 0.05) is 29.7 Å². The molecular weight excluding hydrogens is 623 g/mol. The van der Waals surface area contributed by atoms with Crippen LogP contribution in [-0.4, -0.2) is 49.1 Å². The fourth-order valence-electron chi connectivity index (χ4n) is 3.86. The molecule has 12 heteroatoms. The molecule has 3 rings (SSSR count). The quantitative estimate of drug-likeness (QED) is 0.117. The number of halogens is 5. The highest BCUT2D eigenvalue weighted by molar-refractivity contribution is 9.10. The Morgan fingerprint density at radius 3 is 2.37 bits per heavy atom. The van der Waals surface area contributed by atoms with Crippen LogP contribution in [0.25, 0.3) is 0 Å². The van der Waals surface area contributed by atoms with Crippen molar-refractivity contribution in [2.45, 2.75) is 26.6 Å². The third kappa shape index (κ3) is 9.67. The molecule has 0 fully saturated rings. The lowest BCUT2D eigenvalue weighted by atomic mass is 10.1. The van der Waals surface area contributed by atoms with Crippen molar-refractivity contribution in [3.63, 3.8) is 0 Å². The van der Waals surface area contributed by atoms with Crippen LogP contribution in [0.5, 0.6) is 0 Å². The van der Waals surface area contributed by atoms with Crippen LogP contribution in [0.3, 0.4) is 0 Å². The summed E-state index contributed by atoms with van der Waals surface area (Å²) >= 11 is 8.94. The van der Waals surface area contributed by atoms with Gasteiger partial charge in [0.1, 0.15) is 0 Å². The van der Waals surface area contributed by atoms with E-state index in [1.54, 1.807) is 24.3 Å². The van der Waals surface area contributed by atoms with Crippen molar-refractivity contribution < 1.29 is 22.8 Å². The van der Waals surface area contributed by atoms with Crippen LogP contribution in [0.1, 0.15) is 51.3 Å². The molecule has 41 heavy (non-hydrogen) atoms. The SMILES string of the molecule is CCN(CC)CCNCc1ccc(C(=O)Nc2ccc(Br)cc2C(=O)N/N=C/c2ccc(Cl)c(C(F)(F)F)c2)cc1. The van der Waals surface area contributed by atoms with E-state index in [9.17, 15) is 22.8 Å². The molecule has 3 aromatic carbocycles. The first-order valence-corrected chi connectivity index (χ1v) is 14.0. The average molecular weight is 653 g/mol. The summed E-state index contributed by atoms with van der Waals surface area (Å²) in [7, 11) is 0. The first-order valence-electron chi connectivity index (χ1n) is 12.8. The van der Waals surface area contributed by atoms with Gasteiger partial charge in [0.2, 0.25) is 0 Å². The summed E-state index contributed by atoms with van der Waals surface area (Å²) in [4.78, 5) is 28.1. The molecule has 0 heterocycles. The number of hydrogen-bond donors (Lipinski definition) is 3. The summed E-state index contributed by atoms with van der Waals surface area (Å²) in [5.74, 6) is -1.08. The summed E-state index contributed by atoms with van der Waals surface area (Å²) < 4.78 is 39.9. The van der Waals surface area contributed by atoms with Gasteiger partial charge in [0.25, 0.3) is 11.8 Å². The predicted octanol–water partition coefficient (Wildman–Crippen LogP) is 6.57. The van der Waals surface area contributed by atoms with E-state index in [0.29, 0.717) is 16.6 Å². The van der Waals surface area contributed by atoms with Crippen molar-refractivity contribution in [3.8, 4) is 0 Å². The van der Waals surface area contributed by atoms with E-state index in [0.717, 1.165) is 50.1 Å². The number of benzene rings is 3. The summed E-state index contributed by atoms with van der Waals surface area (Å²) in [6.07, 6.45) is -3.56. The van der Waals surface area contributed by atoms with Gasteiger partial charge in [-0.3, -0.25) is 9.59 Å². The highest BCUT2D eigenvalue weighted by Crippen LogP contribution is 2.34. The zero-order chi connectivity index (χ0) is 30.0. The van der Waals surface area contributed by atoms with E-state index in [-0.39, 0.29) is 16.8 Å². The topological polar surface area (TPSA) is 85.8 Å². The molecule has 218 valence electrons. The molecule has 3 N–H and O–H groups in total. The smallest absolute Gasteiger partial charge is 0.321 e. The second-order valence-electron chi connectivity index (χ2n) is 8.98. The first-order chi connectivity index (χ1) is 19.5. The summed E-state index contributed by atoms with van der Waals surface area (Å²) in [5.41, 5.74) is 3.14. The summed E-state index contributed by atoms with van der Waals surface area (Å²) in [6.45, 7) is 8.77. The number of nitrogens with one attached hydrogen (secondary N) is 3. The van der Waals surface area contributed by atoms with Crippen LogP contribution in [0, 0.1) is 0 Å². The second-order valence-corrected chi connectivity index (χ2v) is 10.3. The Labute approximate surface area is 250 Å². The predicted molar refractivity (Wildman–Crippen MR) is 160 cm³/mol. The van der Waals surface area contributed by atoms with Crippen molar-refractivity contribution in [1.82, 2.24) is 15.6 Å². The van der Waals surface area contributed by atoms with Crippen LogP contribution >= 0.6 is 27.5 Å².